The van der Waals surface area contributed by atoms with Crippen molar-refractivity contribution >= 4 is 40.8 Å². The van der Waals surface area contributed by atoms with Crippen LogP contribution in [0.3, 0.4) is 0 Å². The van der Waals surface area contributed by atoms with E-state index in [2.05, 4.69) is 0 Å². The molecule has 110 valence electrons. The minimum Gasteiger partial charge on any atom is -0.478 e. The number of hydrogen-bond donors (Lipinski definition) is 1. The number of nitrogens with zero attached hydrogens (tertiary/aromatic N) is 2. The minimum atomic E-state index is -1.08. The fourth-order valence-corrected chi connectivity index (χ4v) is 2.68. The van der Waals surface area contributed by atoms with Gasteiger partial charge in [0, 0.05) is 6.04 Å². The number of rotatable bonds is 3. The van der Waals surface area contributed by atoms with Crippen molar-refractivity contribution in [2.75, 3.05) is 22.2 Å². The van der Waals surface area contributed by atoms with Gasteiger partial charge in [0.25, 0.3) is 0 Å². The van der Waals surface area contributed by atoms with E-state index < -0.39 is 11.9 Å². The smallest absolute Gasteiger partial charge is 0.335 e. The number of hydrogen-bond acceptors (Lipinski definition) is 3. The summed E-state index contributed by atoms with van der Waals surface area (Å²) in [6, 6.07) is 4.60. The van der Waals surface area contributed by atoms with E-state index in [1.807, 2.05) is 0 Å². The summed E-state index contributed by atoms with van der Waals surface area (Å²) in [5.41, 5.74) is 1.09. The zero-order valence-corrected chi connectivity index (χ0v) is 11.8. The highest BCUT2D eigenvalue weighted by Gasteiger charge is 2.40. The van der Waals surface area contributed by atoms with Crippen LogP contribution in [-0.4, -0.2) is 41.4 Å². The van der Waals surface area contributed by atoms with E-state index in [1.54, 1.807) is 11.0 Å². The minimum absolute atomic E-state index is 0.0752. The van der Waals surface area contributed by atoms with E-state index in [0.717, 1.165) is 12.8 Å². The second kappa shape index (κ2) is 5.04. The van der Waals surface area contributed by atoms with Crippen LogP contribution in [0.2, 0.25) is 0 Å². The topological polar surface area (TPSA) is 77.9 Å². The third-order valence-corrected chi connectivity index (χ3v) is 3.89. The largest absolute Gasteiger partial charge is 0.478 e. The van der Waals surface area contributed by atoms with Crippen molar-refractivity contribution in [1.82, 2.24) is 0 Å². The molecule has 21 heavy (non-hydrogen) atoms. The summed E-state index contributed by atoms with van der Waals surface area (Å²) in [5.74, 6) is -1.91. The van der Waals surface area contributed by atoms with Crippen molar-refractivity contribution in [3.8, 4) is 0 Å². The number of fused-ring (bicyclic) bond motifs is 1. The lowest BCUT2D eigenvalue weighted by Crippen LogP contribution is -2.49. The van der Waals surface area contributed by atoms with Gasteiger partial charge >= 0.3 is 5.97 Å². The van der Waals surface area contributed by atoms with Crippen LogP contribution in [0.1, 0.15) is 23.2 Å². The molecule has 1 saturated carbocycles. The molecule has 0 bridgehead atoms. The van der Waals surface area contributed by atoms with Crippen molar-refractivity contribution in [2.45, 2.75) is 18.9 Å². The van der Waals surface area contributed by atoms with Gasteiger partial charge in [-0.15, -0.1) is 11.6 Å². The zero-order valence-electron chi connectivity index (χ0n) is 11.1. The molecule has 6 nitrogen and oxygen atoms in total. The van der Waals surface area contributed by atoms with Crippen LogP contribution in [0.4, 0.5) is 11.4 Å². The molecular formula is C14H13ClN2O4. The number of amides is 2. The normalized spacial score (nSPS) is 17.7. The van der Waals surface area contributed by atoms with Crippen molar-refractivity contribution < 1.29 is 19.5 Å². The quantitative estimate of drug-likeness (QED) is 0.858. The Morgan fingerprint density at radius 1 is 1.29 bits per heavy atom. The average Bonchev–Trinajstić information content (AvgIpc) is 3.29. The summed E-state index contributed by atoms with van der Waals surface area (Å²) in [5, 5.41) is 9.10. The van der Waals surface area contributed by atoms with Crippen molar-refractivity contribution in [1.29, 1.82) is 0 Å². The lowest BCUT2D eigenvalue weighted by atomic mass is 10.1. The van der Waals surface area contributed by atoms with Gasteiger partial charge < -0.3 is 10.0 Å². The first-order valence-corrected chi connectivity index (χ1v) is 7.12. The first kappa shape index (κ1) is 13.9. The molecule has 1 N–H and O–H groups in total. The molecule has 3 rings (SSSR count). The summed E-state index contributed by atoms with van der Waals surface area (Å²) < 4.78 is 0. The Morgan fingerprint density at radius 2 is 2.00 bits per heavy atom. The molecule has 1 fully saturated rings. The van der Waals surface area contributed by atoms with Crippen molar-refractivity contribution in [2.24, 2.45) is 0 Å². The van der Waals surface area contributed by atoms with E-state index >= 15 is 0 Å². The number of carbonyl (C=O) groups excluding carboxylic acids is 2. The number of alkyl halides is 1. The van der Waals surface area contributed by atoms with Gasteiger partial charge in [0.1, 0.15) is 12.4 Å². The van der Waals surface area contributed by atoms with E-state index in [4.69, 9.17) is 16.7 Å². The Balaban J connectivity index is 2.11. The van der Waals surface area contributed by atoms with E-state index in [1.165, 1.54) is 17.0 Å². The summed E-state index contributed by atoms with van der Waals surface area (Å²) >= 11 is 5.58. The van der Waals surface area contributed by atoms with Gasteiger partial charge in [-0.1, -0.05) is 0 Å². The van der Waals surface area contributed by atoms with E-state index in [9.17, 15) is 14.4 Å². The number of benzene rings is 1. The third kappa shape index (κ3) is 2.35. The second-order valence-corrected chi connectivity index (χ2v) is 5.38. The molecule has 1 aliphatic heterocycles. The monoisotopic (exact) mass is 308 g/mol. The Bertz CT molecular complexity index is 642. The van der Waals surface area contributed by atoms with Crippen LogP contribution in [-0.2, 0) is 9.59 Å². The Hall–Kier alpha value is -2.08. The molecule has 0 radical (unpaired) electrons. The van der Waals surface area contributed by atoms with Crippen molar-refractivity contribution in [3.05, 3.63) is 23.8 Å². The summed E-state index contributed by atoms with van der Waals surface area (Å²) in [4.78, 5) is 38.2. The molecule has 0 atom stereocenters. The Morgan fingerprint density at radius 3 is 2.57 bits per heavy atom. The molecule has 1 aromatic carbocycles. The van der Waals surface area contributed by atoms with Gasteiger partial charge in [-0.25, -0.2) is 4.79 Å². The maximum Gasteiger partial charge on any atom is 0.335 e. The molecule has 0 aromatic heterocycles. The summed E-state index contributed by atoms with van der Waals surface area (Å²) in [7, 11) is 0. The van der Waals surface area contributed by atoms with Crippen LogP contribution in [0.15, 0.2) is 18.2 Å². The lowest BCUT2D eigenvalue weighted by Gasteiger charge is -2.36. The maximum absolute atomic E-state index is 12.3. The number of carbonyl (C=O) groups is 3. The Labute approximate surface area is 125 Å². The molecule has 2 amide bonds. The van der Waals surface area contributed by atoms with Crippen LogP contribution in [0.5, 0.6) is 0 Å². The van der Waals surface area contributed by atoms with Gasteiger partial charge in [-0.05, 0) is 31.0 Å². The van der Waals surface area contributed by atoms with Gasteiger partial charge in [0.2, 0.25) is 11.8 Å². The molecule has 1 aliphatic carbocycles. The van der Waals surface area contributed by atoms with Crippen LogP contribution >= 0.6 is 11.6 Å². The fraction of sp³-hybridized carbons (Fsp3) is 0.357. The highest BCUT2D eigenvalue weighted by Crippen LogP contribution is 2.41. The zero-order chi connectivity index (χ0) is 15.1. The second-order valence-electron chi connectivity index (χ2n) is 5.12. The fourth-order valence-electron chi connectivity index (χ4n) is 2.54. The number of carboxylic acid groups (broad SMARTS) is 1. The van der Waals surface area contributed by atoms with Crippen LogP contribution < -0.4 is 9.80 Å². The number of aromatic carboxylic acids is 1. The highest BCUT2D eigenvalue weighted by molar-refractivity contribution is 6.30. The highest BCUT2D eigenvalue weighted by atomic mass is 35.5. The first-order valence-electron chi connectivity index (χ1n) is 6.58. The number of carboxylic acids is 1. The van der Waals surface area contributed by atoms with Crippen molar-refractivity contribution in [3.63, 3.8) is 0 Å². The summed E-state index contributed by atoms with van der Waals surface area (Å²) in [6.45, 7) is -0.0991. The SMILES string of the molecule is O=C(O)c1ccc2c(c1)N(C(=O)CCl)CC(=O)N2C1CC1. The standard InChI is InChI=1S/C14H13ClN2O4/c15-6-12(18)16-7-13(19)17(9-2-3-9)10-4-1-8(14(20)21)5-11(10)16/h1,4-5,9H,2-3,6-7H2,(H,20,21). The molecule has 1 aromatic rings. The van der Waals surface area contributed by atoms with E-state index in [-0.39, 0.29) is 29.9 Å². The molecule has 1 heterocycles. The Kier molecular flexibility index (Phi) is 3.33. The van der Waals surface area contributed by atoms with Gasteiger partial charge in [-0.3, -0.25) is 14.5 Å². The number of anilines is 2. The predicted octanol–water partition coefficient (Wildman–Crippen LogP) is 1.47. The predicted molar refractivity (Wildman–Crippen MR) is 77.0 cm³/mol. The molecule has 2 aliphatic rings. The molecule has 0 saturated heterocycles. The summed E-state index contributed by atoms with van der Waals surface area (Å²) in [6.07, 6.45) is 1.85. The van der Waals surface area contributed by atoms with Gasteiger partial charge in [0.05, 0.1) is 16.9 Å². The first-order chi connectivity index (χ1) is 10.0. The molecule has 0 unspecified atom stereocenters. The molecule has 0 spiro atoms. The van der Waals surface area contributed by atoms with Crippen LogP contribution in [0, 0.1) is 0 Å². The van der Waals surface area contributed by atoms with Gasteiger partial charge in [-0.2, -0.15) is 0 Å². The lowest BCUT2D eigenvalue weighted by molar-refractivity contribution is -0.121. The maximum atomic E-state index is 12.3. The van der Waals surface area contributed by atoms with Gasteiger partial charge in [0.15, 0.2) is 0 Å². The average molecular weight is 309 g/mol. The molecular weight excluding hydrogens is 296 g/mol. The molecule has 7 heteroatoms. The van der Waals surface area contributed by atoms with E-state index in [0.29, 0.717) is 11.4 Å². The third-order valence-electron chi connectivity index (χ3n) is 3.66. The number of halogens is 1. The van der Waals surface area contributed by atoms with Crippen LogP contribution in [0.25, 0.3) is 0 Å².